The van der Waals surface area contributed by atoms with Crippen LogP contribution in [0.2, 0.25) is 0 Å². The highest BCUT2D eigenvalue weighted by Crippen LogP contribution is 2.22. The van der Waals surface area contributed by atoms with Crippen LogP contribution in [0, 0.1) is 0 Å². The van der Waals surface area contributed by atoms with Gasteiger partial charge >= 0.3 is 5.97 Å². The summed E-state index contributed by atoms with van der Waals surface area (Å²) in [6.07, 6.45) is 0. The fraction of sp³-hybridized carbons (Fsp3) is 0.111. The van der Waals surface area contributed by atoms with Gasteiger partial charge in [-0.2, -0.15) is 0 Å². The lowest BCUT2D eigenvalue weighted by molar-refractivity contribution is -0.140. The highest BCUT2D eigenvalue weighted by atomic mass is 16.5. The third-order valence-electron chi connectivity index (χ3n) is 3.04. The first kappa shape index (κ1) is 15.5. The van der Waals surface area contributed by atoms with E-state index in [1.165, 1.54) is 0 Å². The van der Waals surface area contributed by atoms with Gasteiger partial charge in [0, 0.05) is 5.57 Å². The molecule has 4 nitrogen and oxygen atoms in total. The van der Waals surface area contributed by atoms with Gasteiger partial charge in [-0.3, -0.25) is 4.79 Å². The molecule has 0 spiro atoms. The van der Waals surface area contributed by atoms with Crippen molar-refractivity contribution >= 4 is 12.4 Å². The summed E-state index contributed by atoms with van der Waals surface area (Å²) in [6, 6.07) is 14.9. The number of hydrogen-bond donors (Lipinski definition) is 0. The van der Waals surface area contributed by atoms with Gasteiger partial charge in [-0.25, -0.2) is 4.79 Å². The van der Waals surface area contributed by atoms with E-state index in [0.717, 1.165) is 16.7 Å². The summed E-state index contributed by atoms with van der Waals surface area (Å²) >= 11 is 0. The van der Waals surface area contributed by atoms with Gasteiger partial charge in [-0.1, -0.05) is 43.0 Å². The average molecular weight is 296 g/mol. The fourth-order valence-electron chi connectivity index (χ4n) is 1.85. The van der Waals surface area contributed by atoms with E-state index in [2.05, 4.69) is 6.58 Å². The zero-order chi connectivity index (χ0) is 15.9. The molecule has 22 heavy (non-hydrogen) atoms. The van der Waals surface area contributed by atoms with Crippen molar-refractivity contribution in [3.05, 3.63) is 66.2 Å². The summed E-state index contributed by atoms with van der Waals surface area (Å²) in [6.45, 7) is 5.77. The first-order valence-electron chi connectivity index (χ1n) is 6.72. The smallest absolute Gasteiger partial charge is 0.333 e. The van der Waals surface area contributed by atoms with Crippen molar-refractivity contribution in [2.75, 3.05) is 0 Å². The van der Waals surface area contributed by atoms with Crippen molar-refractivity contribution < 1.29 is 19.1 Å². The van der Waals surface area contributed by atoms with Crippen molar-refractivity contribution in [3.8, 4) is 16.9 Å². The average Bonchev–Trinajstić information content (AvgIpc) is 2.54. The number of carbonyl (C=O) groups excluding carboxylic acids is 2. The summed E-state index contributed by atoms with van der Waals surface area (Å²) in [7, 11) is 0. The maximum Gasteiger partial charge on any atom is 0.333 e. The zero-order valence-electron chi connectivity index (χ0n) is 12.2. The second kappa shape index (κ2) is 7.22. The van der Waals surface area contributed by atoms with Crippen LogP contribution in [0.1, 0.15) is 12.5 Å². The number of esters is 1. The maximum atomic E-state index is 11.3. The molecule has 0 aliphatic rings. The minimum Gasteiger partial charge on any atom is -0.457 e. The van der Waals surface area contributed by atoms with Gasteiger partial charge in [-0.15, -0.1) is 0 Å². The molecular weight excluding hydrogens is 280 g/mol. The molecule has 0 atom stereocenters. The summed E-state index contributed by atoms with van der Waals surface area (Å²) in [4.78, 5) is 21.6. The maximum absolute atomic E-state index is 11.3. The number of hydrogen-bond acceptors (Lipinski definition) is 4. The van der Waals surface area contributed by atoms with Crippen LogP contribution in [0.15, 0.2) is 60.7 Å². The van der Waals surface area contributed by atoms with Crippen LogP contribution in [-0.2, 0) is 20.9 Å². The van der Waals surface area contributed by atoms with E-state index < -0.39 is 5.97 Å². The molecule has 0 aliphatic heterocycles. The first-order chi connectivity index (χ1) is 10.6. The largest absolute Gasteiger partial charge is 0.457 e. The van der Waals surface area contributed by atoms with Gasteiger partial charge in [0.15, 0.2) is 0 Å². The molecule has 0 bridgehead atoms. The van der Waals surface area contributed by atoms with Crippen molar-refractivity contribution in [2.24, 2.45) is 0 Å². The number of rotatable bonds is 6. The highest BCUT2D eigenvalue weighted by Gasteiger charge is 2.04. The topological polar surface area (TPSA) is 52.6 Å². The minimum atomic E-state index is -0.394. The predicted molar refractivity (Wildman–Crippen MR) is 83.2 cm³/mol. The molecule has 0 amide bonds. The second-order valence-corrected chi connectivity index (χ2v) is 4.79. The zero-order valence-corrected chi connectivity index (χ0v) is 12.2. The quantitative estimate of drug-likeness (QED) is 0.465. The van der Waals surface area contributed by atoms with Gasteiger partial charge in [0.1, 0.15) is 12.4 Å². The molecule has 0 N–H and O–H groups in total. The molecule has 0 aliphatic carbocycles. The Bertz CT molecular complexity index is 669. The number of ether oxygens (including phenoxy) is 2. The number of benzene rings is 2. The van der Waals surface area contributed by atoms with Crippen LogP contribution in [0.25, 0.3) is 11.1 Å². The molecule has 0 radical (unpaired) electrons. The molecule has 0 saturated heterocycles. The normalized spacial score (nSPS) is 9.86. The Morgan fingerprint density at radius 1 is 1.05 bits per heavy atom. The minimum absolute atomic E-state index is 0.220. The van der Waals surface area contributed by atoms with Gasteiger partial charge in [0.25, 0.3) is 6.47 Å². The molecule has 2 aromatic carbocycles. The van der Waals surface area contributed by atoms with E-state index in [1.807, 2.05) is 36.4 Å². The third-order valence-corrected chi connectivity index (χ3v) is 3.04. The summed E-state index contributed by atoms with van der Waals surface area (Å²) in [5, 5.41) is 0. The van der Waals surface area contributed by atoms with Gasteiger partial charge < -0.3 is 9.47 Å². The molecule has 0 saturated carbocycles. The third kappa shape index (κ3) is 4.06. The second-order valence-electron chi connectivity index (χ2n) is 4.79. The van der Waals surface area contributed by atoms with Crippen molar-refractivity contribution in [2.45, 2.75) is 13.5 Å². The molecular formula is C18H16O4. The Balaban J connectivity index is 2.03. The highest BCUT2D eigenvalue weighted by molar-refractivity contribution is 5.86. The van der Waals surface area contributed by atoms with Crippen LogP contribution in [-0.4, -0.2) is 12.4 Å². The first-order valence-corrected chi connectivity index (χ1v) is 6.72. The lowest BCUT2D eigenvalue weighted by Gasteiger charge is -2.07. The van der Waals surface area contributed by atoms with E-state index in [0.29, 0.717) is 17.8 Å². The fourth-order valence-corrected chi connectivity index (χ4v) is 1.85. The predicted octanol–water partition coefficient (Wildman–Crippen LogP) is 3.51. The lowest BCUT2D eigenvalue weighted by Crippen LogP contribution is -2.04. The lowest BCUT2D eigenvalue weighted by atomic mass is 10.0. The van der Waals surface area contributed by atoms with Crippen LogP contribution in [0.5, 0.6) is 5.75 Å². The monoisotopic (exact) mass is 296 g/mol. The van der Waals surface area contributed by atoms with E-state index in [-0.39, 0.29) is 6.61 Å². The molecule has 0 aromatic heterocycles. The van der Waals surface area contributed by atoms with Crippen LogP contribution < -0.4 is 4.74 Å². The SMILES string of the molecule is C=C(C)C(=O)OCc1ccc(-c2ccc(OC=O)cc2)cc1. The van der Waals surface area contributed by atoms with Crippen molar-refractivity contribution in [1.29, 1.82) is 0 Å². The summed E-state index contributed by atoms with van der Waals surface area (Å²) in [5.74, 6) is 0.108. The summed E-state index contributed by atoms with van der Waals surface area (Å²) < 4.78 is 9.84. The Labute approximate surface area is 129 Å². The molecule has 0 fully saturated rings. The molecule has 2 rings (SSSR count). The summed E-state index contributed by atoms with van der Waals surface area (Å²) in [5.41, 5.74) is 3.31. The van der Waals surface area contributed by atoms with E-state index in [9.17, 15) is 9.59 Å². The number of carbonyl (C=O) groups is 2. The van der Waals surface area contributed by atoms with Gasteiger partial charge in [0.2, 0.25) is 0 Å². The van der Waals surface area contributed by atoms with E-state index in [1.54, 1.807) is 19.1 Å². The molecule has 0 heterocycles. The Kier molecular flexibility index (Phi) is 5.09. The molecule has 112 valence electrons. The Morgan fingerprint density at radius 3 is 2.09 bits per heavy atom. The Morgan fingerprint density at radius 2 is 1.59 bits per heavy atom. The standard InChI is InChI=1S/C18H16O4/c1-13(2)18(20)21-11-14-3-5-15(6-4-14)16-7-9-17(10-8-16)22-12-19/h3-10,12H,1,11H2,2H3. The van der Waals surface area contributed by atoms with Crippen molar-refractivity contribution in [1.82, 2.24) is 0 Å². The Hall–Kier alpha value is -2.88. The van der Waals surface area contributed by atoms with Gasteiger partial charge in [0.05, 0.1) is 0 Å². The van der Waals surface area contributed by atoms with Gasteiger partial charge in [-0.05, 0) is 35.7 Å². The molecule has 4 heteroatoms. The van der Waals surface area contributed by atoms with E-state index >= 15 is 0 Å². The molecule has 2 aromatic rings. The van der Waals surface area contributed by atoms with Crippen molar-refractivity contribution in [3.63, 3.8) is 0 Å². The van der Waals surface area contributed by atoms with Crippen LogP contribution in [0.4, 0.5) is 0 Å². The van der Waals surface area contributed by atoms with E-state index in [4.69, 9.17) is 9.47 Å². The van der Waals surface area contributed by atoms with Crippen LogP contribution >= 0.6 is 0 Å². The molecule has 0 unspecified atom stereocenters. The van der Waals surface area contributed by atoms with Crippen LogP contribution in [0.3, 0.4) is 0 Å².